The molecule has 24 heavy (non-hydrogen) atoms. The number of carbonyl (C=O) groups excluding carboxylic acids is 1. The fourth-order valence-corrected chi connectivity index (χ4v) is 8.46. The van der Waals surface area contributed by atoms with Crippen molar-refractivity contribution in [3.05, 3.63) is 22.3 Å². The molecule has 0 heterocycles. The molecule has 3 atom stereocenters. The van der Waals surface area contributed by atoms with E-state index in [1.165, 1.54) is 37.7 Å². The predicted octanol–water partition coefficient (Wildman–Crippen LogP) is 4.75. The summed E-state index contributed by atoms with van der Waals surface area (Å²) in [5.74, 6) is 2.04. The molecule has 6 aliphatic carbocycles. The molecule has 0 aromatic heterocycles. The average Bonchev–Trinajstić information content (AvgIpc) is 3.29. The zero-order valence-electron chi connectivity index (χ0n) is 15.7. The van der Waals surface area contributed by atoms with Crippen LogP contribution in [-0.4, -0.2) is 5.91 Å². The van der Waals surface area contributed by atoms with Crippen LogP contribution < -0.4 is 5.73 Å². The summed E-state index contributed by atoms with van der Waals surface area (Å²) < 4.78 is 0. The second-order valence-corrected chi connectivity index (χ2v) is 9.96. The van der Waals surface area contributed by atoms with Gasteiger partial charge in [-0.2, -0.15) is 0 Å². The summed E-state index contributed by atoms with van der Waals surface area (Å²) in [7, 11) is 0. The third-order valence-corrected chi connectivity index (χ3v) is 9.43. The van der Waals surface area contributed by atoms with Gasteiger partial charge in [-0.05, 0) is 105 Å². The molecule has 6 rings (SSSR count). The number of nitrogens with two attached hydrogens (primary N) is 1. The van der Waals surface area contributed by atoms with E-state index >= 15 is 0 Å². The Labute approximate surface area is 145 Å². The Hall–Kier alpha value is -1.05. The highest BCUT2D eigenvalue weighted by molar-refractivity contribution is 5.84. The standard InChI is InChI=1S/C22H31NO/c1-12-13(2)15(4)18(14(12)3)20-8-16-7-17(9-20)11-21(10-16,19(23)24)22(20)5-6-22/h14,16-17H,5-11H2,1-4H3,(H2,23,24). The van der Waals surface area contributed by atoms with Gasteiger partial charge in [0.1, 0.15) is 0 Å². The number of rotatable bonds is 2. The van der Waals surface area contributed by atoms with E-state index in [0.29, 0.717) is 5.92 Å². The normalized spacial score (nSPS) is 47.9. The molecule has 2 nitrogen and oxygen atoms in total. The maximum Gasteiger partial charge on any atom is 0.224 e. The van der Waals surface area contributed by atoms with Crippen molar-refractivity contribution in [3.63, 3.8) is 0 Å². The van der Waals surface area contributed by atoms with Crippen LogP contribution in [0.4, 0.5) is 0 Å². The summed E-state index contributed by atoms with van der Waals surface area (Å²) in [6.07, 6.45) is 8.65. The molecule has 2 heteroatoms. The molecule has 3 unspecified atom stereocenters. The molecular formula is C22H31NO. The molecule has 5 fully saturated rings. The van der Waals surface area contributed by atoms with Gasteiger partial charge in [-0.1, -0.05) is 18.1 Å². The fourth-order valence-electron chi connectivity index (χ4n) is 8.46. The molecule has 130 valence electrons. The van der Waals surface area contributed by atoms with E-state index in [-0.39, 0.29) is 22.2 Å². The molecular weight excluding hydrogens is 294 g/mol. The van der Waals surface area contributed by atoms with Crippen LogP contribution in [0.25, 0.3) is 0 Å². The lowest BCUT2D eigenvalue weighted by Crippen LogP contribution is -2.65. The van der Waals surface area contributed by atoms with Crippen molar-refractivity contribution in [1.29, 1.82) is 0 Å². The molecule has 6 aliphatic rings. The highest BCUT2D eigenvalue weighted by Crippen LogP contribution is 2.84. The predicted molar refractivity (Wildman–Crippen MR) is 96.0 cm³/mol. The number of hydrogen-bond acceptors (Lipinski definition) is 1. The van der Waals surface area contributed by atoms with Gasteiger partial charge in [-0.25, -0.2) is 0 Å². The molecule has 1 spiro atoms. The number of allylic oxidation sites excluding steroid dienone is 4. The van der Waals surface area contributed by atoms with Gasteiger partial charge in [0.15, 0.2) is 0 Å². The number of carbonyl (C=O) groups is 1. The van der Waals surface area contributed by atoms with Gasteiger partial charge in [0, 0.05) is 0 Å². The molecule has 1 amide bonds. The third-order valence-electron chi connectivity index (χ3n) is 9.43. The van der Waals surface area contributed by atoms with E-state index in [1.807, 2.05) is 0 Å². The largest absolute Gasteiger partial charge is 0.369 e. The fraction of sp³-hybridized carbons (Fsp3) is 0.773. The summed E-state index contributed by atoms with van der Waals surface area (Å²) in [4.78, 5) is 12.8. The van der Waals surface area contributed by atoms with Crippen molar-refractivity contribution >= 4 is 5.91 Å². The maximum atomic E-state index is 12.8. The Morgan fingerprint density at radius 3 is 2.00 bits per heavy atom. The van der Waals surface area contributed by atoms with Gasteiger partial charge in [0.25, 0.3) is 0 Å². The first-order valence-electron chi connectivity index (χ1n) is 9.97. The SMILES string of the molecule is CC1=C(C)C(C)C(C23CC4CC(CC(C(N)=O)(C4)C24CC4)C3)=C1C. The van der Waals surface area contributed by atoms with E-state index in [4.69, 9.17) is 5.73 Å². The number of amides is 1. The van der Waals surface area contributed by atoms with E-state index in [2.05, 4.69) is 27.7 Å². The van der Waals surface area contributed by atoms with Crippen molar-refractivity contribution < 1.29 is 4.79 Å². The van der Waals surface area contributed by atoms with E-state index in [0.717, 1.165) is 24.7 Å². The van der Waals surface area contributed by atoms with E-state index in [9.17, 15) is 4.79 Å². The second kappa shape index (κ2) is 4.19. The van der Waals surface area contributed by atoms with Crippen molar-refractivity contribution in [3.8, 4) is 0 Å². The molecule has 2 N–H and O–H groups in total. The molecule has 5 saturated carbocycles. The third kappa shape index (κ3) is 1.37. The molecule has 0 saturated heterocycles. The van der Waals surface area contributed by atoms with Gasteiger partial charge in [0.05, 0.1) is 5.41 Å². The Bertz CT molecular complexity index is 706. The molecule has 0 aliphatic heterocycles. The minimum Gasteiger partial charge on any atom is -0.369 e. The Balaban J connectivity index is 1.73. The highest BCUT2D eigenvalue weighted by atomic mass is 16.1. The van der Waals surface area contributed by atoms with Gasteiger partial charge < -0.3 is 5.73 Å². The zero-order chi connectivity index (χ0) is 17.1. The number of hydrogen-bond donors (Lipinski definition) is 1. The van der Waals surface area contributed by atoms with Crippen molar-refractivity contribution in [2.24, 2.45) is 39.7 Å². The quantitative estimate of drug-likeness (QED) is 0.782. The summed E-state index contributed by atoms with van der Waals surface area (Å²) in [5, 5.41) is 0. The Morgan fingerprint density at radius 1 is 1.00 bits per heavy atom. The second-order valence-electron chi connectivity index (χ2n) is 9.96. The Kier molecular flexibility index (Phi) is 2.66. The van der Waals surface area contributed by atoms with Crippen LogP contribution in [0.1, 0.15) is 72.6 Å². The van der Waals surface area contributed by atoms with E-state index < -0.39 is 0 Å². The topological polar surface area (TPSA) is 43.1 Å². The lowest BCUT2D eigenvalue weighted by Gasteiger charge is -2.68. The summed E-state index contributed by atoms with van der Waals surface area (Å²) in [5.41, 5.74) is 12.7. The van der Waals surface area contributed by atoms with Gasteiger partial charge >= 0.3 is 0 Å². The van der Waals surface area contributed by atoms with E-state index in [1.54, 1.807) is 16.7 Å². The summed E-state index contributed by atoms with van der Waals surface area (Å²) >= 11 is 0. The summed E-state index contributed by atoms with van der Waals surface area (Å²) in [6.45, 7) is 9.39. The first-order chi connectivity index (χ1) is 11.3. The van der Waals surface area contributed by atoms with Crippen LogP contribution in [0.2, 0.25) is 0 Å². The van der Waals surface area contributed by atoms with Gasteiger partial charge in [-0.15, -0.1) is 0 Å². The van der Waals surface area contributed by atoms with Gasteiger partial charge in [0.2, 0.25) is 5.91 Å². The number of primary amides is 1. The summed E-state index contributed by atoms with van der Waals surface area (Å²) in [6, 6.07) is 0. The van der Waals surface area contributed by atoms with Crippen LogP contribution >= 0.6 is 0 Å². The highest BCUT2D eigenvalue weighted by Gasteiger charge is 2.79. The van der Waals surface area contributed by atoms with Crippen molar-refractivity contribution in [2.75, 3.05) is 0 Å². The lowest BCUT2D eigenvalue weighted by molar-refractivity contribution is -0.182. The van der Waals surface area contributed by atoms with Crippen molar-refractivity contribution in [1.82, 2.24) is 0 Å². The minimum absolute atomic E-state index is 0.0313. The van der Waals surface area contributed by atoms with Crippen molar-refractivity contribution in [2.45, 2.75) is 72.6 Å². The van der Waals surface area contributed by atoms with Crippen LogP contribution in [0.3, 0.4) is 0 Å². The first kappa shape index (κ1) is 15.2. The zero-order valence-corrected chi connectivity index (χ0v) is 15.7. The molecule has 4 bridgehead atoms. The lowest BCUT2D eigenvalue weighted by atomic mass is 9.35. The first-order valence-corrected chi connectivity index (χ1v) is 9.97. The molecule has 0 aromatic rings. The van der Waals surface area contributed by atoms with Crippen LogP contribution in [0.5, 0.6) is 0 Å². The molecule has 0 radical (unpaired) electrons. The smallest absolute Gasteiger partial charge is 0.224 e. The van der Waals surface area contributed by atoms with Gasteiger partial charge in [-0.3, -0.25) is 4.79 Å². The van der Waals surface area contributed by atoms with Crippen LogP contribution in [0, 0.1) is 34.0 Å². The molecule has 0 aromatic carbocycles. The average molecular weight is 325 g/mol. The maximum absolute atomic E-state index is 12.8. The van der Waals surface area contributed by atoms with Crippen LogP contribution in [0.15, 0.2) is 22.3 Å². The monoisotopic (exact) mass is 325 g/mol. The minimum atomic E-state index is -0.186. The Morgan fingerprint density at radius 2 is 1.58 bits per heavy atom. The van der Waals surface area contributed by atoms with Crippen LogP contribution in [-0.2, 0) is 4.79 Å².